The van der Waals surface area contributed by atoms with Crippen LogP contribution in [0.1, 0.15) is 32.6 Å². The normalized spacial score (nSPS) is 24.1. The molecule has 2 heterocycles. The third kappa shape index (κ3) is 7.15. The fraction of sp³-hybridized carbons (Fsp3) is 0.933. The van der Waals surface area contributed by atoms with Gasteiger partial charge in [-0.05, 0) is 31.6 Å². The first-order valence-electron chi connectivity index (χ1n) is 7.96. The van der Waals surface area contributed by atoms with Crippen molar-refractivity contribution in [1.29, 1.82) is 0 Å². The Balaban J connectivity index is 0.00000220. The molecule has 0 spiro atoms. The van der Waals surface area contributed by atoms with Gasteiger partial charge in [0.1, 0.15) is 0 Å². The fourth-order valence-electron chi connectivity index (χ4n) is 2.66. The highest BCUT2D eigenvalue weighted by molar-refractivity contribution is 14.0. The predicted molar refractivity (Wildman–Crippen MR) is 96.2 cm³/mol. The first kappa shape index (κ1) is 19.0. The Morgan fingerprint density at radius 1 is 1.33 bits per heavy atom. The summed E-state index contributed by atoms with van der Waals surface area (Å²) in [5, 5.41) is 0. The summed E-state index contributed by atoms with van der Waals surface area (Å²) in [4.78, 5) is 6.66. The van der Waals surface area contributed by atoms with E-state index in [9.17, 15) is 0 Å². The lowest BCUT2D eigenvalue weighted by Crippen LogP contribution is -2.42. The van der Waals surface area contributed by atoms with E-state index in [0.29, 0.717) is 11.9 Å². The molecule has 0 bridgehead atoms. The smallest absolute Gasteiger partial charge is 0.191 e. The van der Waals surface area contributed by atoms with Crippen molar-refractivity contribution in [2.45, 2.75) is 32.6 Å². The number of likely N-dealkylation sites (tertiary alicyclic amines) is 1. The Labute approximate surface area is 145 Å². The van der Waals surface area contributed by atoms with Crippen LogP contribution in [0.3, 0.4) is 0 Å². The lowest BCUT2D eigenvalue weighted by atomic mass is 10.00. The molecule has 2 N–H and O–H groups in total. The Bertz CT molecular complexity index is 301. The molecule has 2 aliphatic heterocycles. The maximum Gasteiger partial charge on any atom is 0.191 e. The van der Waals surface area contributed by atoms with Gasteiger partial charge in [0.25, 0.3) is 0 Å². The van der Waals surface area contributed by atoms with Gasteiger partial charge in [-0.3, -0.25) is 4.99 Å². The van der Waals surface area contributed by atoms with Gasteiger partial charge in [0, 0.05) is 38.8 Å². The van der Waals surface area contributed by atoms with Crippen LogP contribution in [-0.4, -0.2) is 56.9 Å². The van der Waals surface area contributed by atoms with Crippen molar-refractivity contribution in [3.8, 4) is 0 Å². The van der Waals surface area contributed by atoms with Crippen LogP contribution < -0.4 is 5.73 Å². The number of rotatable bonds is 6. The van der Waals surface area contributed by atoms with Crippen molar-refractivity contribution in [3.63, 3.8) is 0 Å². The molecular weight excluding hydrogens is 381 g/mol. The topological polar surface area (TPSA) is 60.1 Å². The van der Waals surface area contributed by atoms with Crippen LogP contribution >= 0.6 is 24.0 Å². The van der Waals surface area contributed by atoms with Gasteiger partial charge in [0.05, 0.1) is 13.2 Å². The molecule has 2 aliphatic rings. The minimum Gasteiger partial charge on any atom is -0.381 e. The third-order valence-corrected chi connectivity index (χ3v) is 4.21. The molecule has 1 unspecified atom stereocenters. The number of hydrogen-bond donors (Lipinski definition) is 1. The van der Waals surface area contributed by atoms with Crippen molar-refractivity contribution in [2.75, 3.05) is 46.1 Å². The van der Waals surface area contributed by atoms with Crippen LogP contribution in [0, 0.1) is 11.8 Å². The average molecular weight is 411 g/mol. The van der Waals surface area contributed by atoms with Crippen LogP contribution in [0.25, 0.3) is 0 Å². The molecule has 0 amide bonds. The van der Waals surface area contributed by atoms with Crippen LogP contribution in [0.5, 0.6) is 0 Å². The van der Waals surface area contributed by atoms with Gasteiger partial charge in [0.2, 0.25) is 0 Å². The lowest BCUT2D eigenvalue weighted by molar-refractivity contribution is 0.0893. The third-order valence-electron chi connectivity index (χ3n) is 4.21. The minimum atomic E-state index is 0. The van der Waals surface area contributed by atoms with Gasteiger partial charge in [-0.15, -0.1) is 24.0 Å². The second-order valence-electron chi connectivity index (χ2n) is 6.07. The monoisotopic (exact) mass is 411 g/mol. The number of hydrogen-bond acceptors (Lipinski definition) is 3. The molecule has 0 aromatic carbocycles. The highest BCUT2D eigenvalue weighted by Gasteiger charge is 2.17. The lowest BCUT2D eigenvalue weighted by Gasteiger charge is -2.31. The van der Waals surface area contributed by atoms with Gasteiger partial charge in [0.15, 0.2) is 5.96 Å². The maximum absolute atomic E-state index is 6.03. The van der Waals surface area contributed by atoms with Gasteiger partial charge < -0.3 is 20.1 Å². The molecular formula is C15H30IN3O2. The standard InChI is InChI=1S/C15H29N3O2.HI/c1-13-3-7-18(8-4-13)15(16)17-6-2-9-19-11-14-5-10-20-12-14;/h13-14H,2-12H2,1H3,(H2,16,17);1H. The zero-order valence-corrected chi connectivity index (χ0v) is 15.5. The van der Waals surface area contributed by atoms with E-state index in [1.807, 2.05) is 0 Å². The van der Waals surface area contributed by atoms with E-state index in [0.717, 1.165) is 64.8 Å². The summed E-state index contributed by atoms with van der Waals surface area (Å²) < 4.78 is 11.0. The Morgan fingerprint density at radius 3 is 2.76 bits per heavy atom. The molecule has 2 saturated heterocycles. The van der Waals surface area contributed by atoms with Gasteiger partial charge >= 0.3 is 0 Å². The zero-order chi connectivity index (χ0) is 14.2. The van der Waals surface area contributed by atoms with Crippen LogP contribution in [0.15, 0.2) is 4.99 Å². The maximum atomic E-state index is 6.03. The summed E-state index contributed by atoms with van der Waals surface area (Å²) in [7, 11) is 0. The fourth-order valence-corrected chi connectivity index (χ4v) is 2.66. The summed E-state index contributed by atoms with van der Waals surface area (Å²) in [5.41, 5.74) is 6.03. The van der Waals surface area contributed by atoms with Crippen molar-refractivity contribution < 1.29 is 9.47 Å². The number of ether oxygens (including phenoxy) is 2. The van der Waals surface area contributed by atoms with Gasteiger partial charge in [-0.25, -0.2) is 0 Å². The van der Waals surface area contributed by atoms with Gasteiger partial charge in [-0.2, -0.15) is 0 Å². The second kappa shape index (κ2) is 10.6. The van der Waals surface area contributed by atoms with Crippen LogP contribution in [0.2, 0.25) is 0 Å². The minimum absolute atomic E-state index is 0. The molecule has 6 heteroatoms. The molecule has 21 heavy (non-hydrogen) atoms. The number of halogens is 1. The largest absolute Gasteiger partial charge is 0.381 e. The van der Waals surface area contributed by atoms with Crippen LogP contribution in [-0.2, 0) is 9.47 Å². The molecule has 0 aromatic rings. The molecule has 2 rings (SSSR count). The molecule has 2 fully saturated rings. The quantitative estimate of drug-likeness (QED) is 0.315. The van der Waals surface area contributed by atoms with Gasteiger partial charge in [-0.1, -0.05) is 6.92 Å². The summed E-state index contributed by atoms with van der Waals surface area (Å²) in [6.45, 7) is 8.51. The van der Waals surface area contributed by atoms with Crippen LogP contribution in [0.4, 0.5) is 0 Å². The number of piperidine rings is 1. The highest BCUT2D eigenvalue weighted by Crippen LogP contribution is 2.15. The number of nitrogens with zero attached hydrogens (tertiary/aromatic N) is 2. The van der Waals surface area contributed by atoms with E-state index in [-0.39, 0.29) is 24.0 Å². The molecule has 0 radical (unpaired) electrons. The molecule has 1 atom stereocenters. The van der Waals surface area contributed by atoms with Crippen molar-refractivity contribution in [3.05, 3.63) is 0 Å². The van der Waals surface area contributed by atoms with Crippen molar-refractivity contribution in [1.82, 2.24) is 4.90 Å². The van der Waals surface area contributed by atoms with E-state index in [1.54, 1.807) is 0 Å². The average Bonchev–Trinajstić information content (AvgIpc) is 2.96. The van der Waals surface area contributed by atoms with E-state index >= 15 is 0 Å². The Hall–Kier alpha value is -0.0800. The van der Waals surface area contributed by atoms with E-state index in [2.05, 4.69) is 16.8 Å². The summed E-state index contributed by atoms with van der Waals surface area (Å²) >= 11 is 0. The number of nitrogens with two attached hydrogens (primary N) is 1. The van der Waals surface area contributed by atoms with E-state index in [4.69, 9.17) is 15.2 Å². The Kier molecular flexibility index (Phi) is 9.59. The number of guanidine groups is 1. The number of aliphatic imine (C=N–C) groups is 1. The van der Waals surface area contributed by atoms with Crippen molar-refractivity contribution in [2.24, 2.45) is 22.6 Å². The molecule has 0 aliphatic carbocycles. The summed E-state index contributed by atoms with van der Waals surface area (Å²) in [6, 6.07) is 0. The van der Waals surface area contributed by atoms with E-state index < -0.39 is 0 Å². The molecule has 124 valence electrons. The first-order valence-corrected chi connectivity index (χ1v) is 7.96. The Morgan fingerprint density at radius 2 is 2.10 bits per heavy atom. The van der Waals surface area contributed by atoms with Crippen molar-refractivity contribution >= 4 is 29.9 Å². The summed E-state index contributed by atoms with van der Waals surface area (Å²) in [5.74, 6) is 2.13. The first-order chi connectivity index (χ1) is 9.75. The van der Waals surface area contributed by atoms with E-state index in [1.165, 1.54) is 12.8 Å². The predicted octanol–water partition coefficient (Wildman–Crippen LogP) is 2.09. The second-order valence-corrected chi connectivity index (χ2v) is 6.07. The SMILES string of the molecule is CC1CCN(C(N)=NCCCOCC2CCOC2)CC1.I. The molecule has 0 saturated carbocycles. The molecule has 5 nitrogen and oxygen atoms in total. The molecule has 0 aromatic heterocycles. The zero-order valence-electron chi connectivity index (χ0n) is 13.1. The highest BCUT2D eigenvalue weighted by atomic mass is 127. The summed E-state index contributed by atoms with van der Waals surface area (Å²) in [6.07, 6.45) is 4.53.